The number of benzene rings is 2. The van der Waals surface area contributed by atoms with Gasteiger partial charge in [-0.15, -0.1) is 0 Å². The summed E-state index contributed by atoms with van der Waals surface area (Å²) in [5.74, 6) is -0.527. The first kappa shape index (κ1) is 21.5. The number of aromatic carboxylic acids is 1. The average Bonchev–Trinajstić information content (AvgIpc) is 2.77. The standard InChI is InChI=1S/C24H25N5O3/c1-14-10-18(15(2)26-19-8-4-3-7-17(19)24(31)32)22-20(11-14)27-21(12-25)23(28-22)29-9-5-6-16(30)13-29/h3-4,7-8,10-11,15-16,26,30H,5-6,9,13H2,1-2H3,(H,31,32)/t15-,16?/m1/s1. The number of carboxylic acids is 1. The predicted molar refractivity (Wildman–Crippen MR) is 122 cm³/mol. The van der Waals surface area contributed by atoms with Crippen molar-refractivity contribution in [3.63, 3.8) is 0 Å². The number of carbonyl (C=O) groups is 1. The monoisotopic (exact) mass is 431 g/mol. The highest BCUT2D eigenvalue weighted by Gasteiger charge is 2.24. The number of aromatic nitrogens is 2. The molecule has 2 heterocycles. The third kappa shape index (κ3) is 4.20. The molecule has 0 aliphatic carbocycles. The van der Waals surface area contributed by atoms with Crippen LogP contribution in [0.4, 0.5) is 11.5 Å². The summed E-state index contributed by atoms with van der Waals surface area (Å²) in [5, 5.41) is 32.6. The summed E-state index contributed by atoms with van der Waals surface area (Å²) in [6.45, 7) is 5.00. The molecule has 2 atom stereocenters. The Labute approximate surface area is 186 Å². The quantitative estimate of drug-likeness (QED) is 0.560. The number of rotatable bonds is 5. The zero-order valence-electron chi connectivity index (χ0n) is 18.0. The van der Waals surface area contributed by atoms with Crippen molar-refractivity contribution in [2.45, 2.75) is 38.8 Å². The molecule has 1 aliphatic rings. The van der Waals surface area contributed by atoms with E-state index in [1.165, 1.54) is 0 Å². The largest absolute Gasteiger partial charge is 0.478 e. The van der Waals surface area contributed by atoms with Crippen molar-refractivity contribution in [3.05, 3.63) is 58.8 Å². The van der Waals surface area contributed by atoms with Crippen molar-refractivity contribution in [3.8, 4) is 6.07 Å². The molecule has 0 radical (unpaired) electrons. The Morgan fingerprint density at radius 2 is 2.09 bits per heavy atom. The Morgan fingerprint density at radius 3 is 2.81 bits per heavy atom. The number of fused-ring (bicyclic) bond motifs is 1. The number of para-hydroxylation sites is 1. The topological polar surface area (TPSA) is 122 Å². The van der Waals surface area contributed by atoms with E-state index in [1.54, 1.807) is 24.3 Å². The molecule has 164 valence electrons. The normalized spacial score (nSPS) is 17.1. The molecule has 0 amide bonds. The SMILES string of the molecule is Cc1cc([C@@H](C)Nc2ccccc2C(=O)O)c2nc(N3CCCC(O)C3)c(C#N)nc2c1. The first-order valence-electron chi connectivity index (χ1n) is 10.6. The van der Waals surface area contributed by atoms with Crippen molar-refractivity contribution in [1.29, 1.82) is 5.26 Å². The minimum atomic E-state index is -1.00. The number of aliphatic hydroxyl groups is 1. The number of nitrogens with one attached hydrogen (secondary N) is 1. The van der Waals surface area contributed by atoms with Crippen LogP contribution in [-0.2, 0) is 0 Å². The molecule has 1 aliphatic heterocycles. The fourth-order valence-corrected chi connectivity index (χ4v) is 4.20. The molecule has 3 aromatic rings. The van der Waals surface area contributed by atoms with Gasteiger partial charge in [0.05, 0.1) is 28.7 Å². The molecular formula is C24H25N5O3. The van der Waals surface area contributed by atoms with E-state index in [0.717, 1.165) is 24.0 Å². The molecular weight excluding hydrogens is 406 g/mol. The average molecular weight is 431 g/mol. The summed E-state index contributed by atoms with van der Waals surface area (Å²) < 4.78 is 0. The minimum Gasteiger partial charge on any atom is -0.478 e. The number of carboxylic acid groups (broad SMARTS) is 1. The Balaban J connectivity index is 1.80. The number of aliphatic hydroxyl groups excluding tert-OH is 1. The van der Waals surface area contributed by atoms with Gasteiger partial charge < -0.3 is 20.4 Å². The van der Waals surface area contributed by atoms with Gasteiger partial charge in [-0.05, 0) is 50.5 Å². The van der Waals surface area contributed by atoms with E-state index in [2.05, 4.69) is 16.4 Å². The van der Waals surface area contributed by atoms with Gasteiger partial charge in [0, 0.05) is 24.3 Å². The van der Waals surface area contributed by atoms with E-state index in [1.807, 2.05) is 30.9 Å². The number of hydrogen-bond donors (Lipinski definition) is 3. The molecule has 2 aromatic carbocycles. The van der Waals surface area contributed by atoms with Crippen LogP contribution in [0.2, 0.25) is 0 Å². The molecule has 1 aromatic heterocycles. The fourth-order valence-electron chi connectivity index (χ4n) is 4.20. The highest BCUT2D eigenvalue weighted by atomic mass is 16.4. The van der Waals surface area contributed by atoms with Crippen molar-refractivity contribution in [1.82, 2.24) is 9.97 Å². The van der Waals surface area contributed by atoms with E-state index in [4.69, 9.17) is 4.98 Å². The Bertz CT molecular complexity index is 1220. The van der Waals surface area contributed by atoms with E-state index in [-0.39, 0.29) is 17.3 Å². The molecule has 3 N–H and O–H groups in total. The number of nitriles is 1. The lowest BCUT2D eigenvalue weighted by molar-refractivity contribution is 0.0698. The molecule has 0 bridgehead atoms. The van der Waals surface area contributed by atoms with E-state index >= 15 is 0 Å². The van der Waals surface area contributed by atoms with Gasteiger partial charge in [0.15, 0.2) is 11.5 Å². The molecule has 1 fully saturated rings. The molecule has 1 unspecified atom stereocenters. The Morgan fingerprint density at radius 1 is 1.31 bits per heavy atom. The summed E-state index contributed by atoms with van der Waals surface area (Å²) in [7, 11) is 0. The van der Waals surface area contributed by atoms with Gasteiger partial charge in [0.25, 0.3) is 0 Å². The summed E-state index contributed by atoms with van der Waals surface area (Å²) in [6.07, 6.45) is 1.09. The number of hydrogen-bond acceptors (Lipinski definition) is 7. The third-order valence-corrected chi connectivity index (χ3v) is 5.72. The van der Waals surface area contributed by atoms with Crippen LogP contribution in [-0.4, -0.2) is 45.3 Å². The van der Waals surface area contributed by atoms with Crippen molar-refractivity contribution >= 4 is 28.5 Å². The second-order valence-corrected chi connectivity index (χ2v) is 8.19. The number of β-amino-alcohol motifs (C(OH)–C–C–N with tert-alkyl or cyclic N) is 1. The lowest BCUT2D eigenvalue weighted by Gasteiger charge is -2.31. The van der Waals surface area contributed by atoms with E-state index in [9.17, 15) is 20.3 Å². The van der Waals surface area contributed by atoms with Gasteiger partial charge in [-0.2, -0.15) is 5.26 Å². The van der Waals surface area contributed by atoms with Crippen LogP contribution in [0.5, 0.6) is 0 Å². The number of piperidine rings is 1. The maximum absolute atomic E-state index is 11.6. The Kier molecular flexibility index (Phi) is 5.93. The summed E-state index contributed by atoms with van der Waals surface area (Å²) in [6, 6.07) is 12.5. The summed E-state index contributed by atoms with van der Waals surface area (Å²) in [4.78, 5) is 22.9. The van der Waals surface area contributed by atoms with Crippen LogP contribution in [0.3, 0.4) is 0 Å². The second kappa shape index (κ2) is 8.81. The highest BCUT2D eigenvalue weighted by molar-refractivity contribution is 5.94. The number of nitrogens with zero attached hydrogens (tertiary/aromatic N) is 4. The molecule has 4 rings (SSSR count). The van der Waals surface area contributed by atoms with Gasteiger partial charge in [-0.1, -0.05) is 18.2 Å². The minimum absolute atomic E-state index is 0.192. The van der Waals surface area contributed by atoms with Gasteiger partial charge >= 0.3 is 5.97 Å². The zero-order valence-corrected chi connectivity index (χ0v) is 18.0. The van der Waals surface area contributed by atoms with Gasteiger partial charge in [-0.25, -0.2) is 14.8 Å². The molecule has 1 saturated heterocycles. The lowest BCUT2D eigenvalue weighted by Crippen LogP contribution is -2.39. The van der Waals surface area contributed by atoms with Crippen molar-refractivity contribution in [2.75, 3.05) is 23.3 Å². The molecule has 8 nitrogen and oxygen atoms in total. The zero-order chi connectivity index (χ0) is 22.8. The number of anilines is 2. The first-order chi connectivity index (χ1) is 15.4. The van der Waals surface area contributed by atoms with Crippen LogP contribution >= 0.6 is 0 Å². The summed E-state index contributed by atoms with van der Waals surface area (Å²) >= 11 is 0. The van der Waals surface area contributed by atoms with Crippen LogP contribution in [0.1, 0.15) is 53.0 Å². The Hall–Kier alpha value is -3.70. The summed E-state index contributed by atoms with van der Waals surface area (Å²) in [5.41, 5.74) is 4.03. The second-order valence-electron chi connectivity index (χ2n) is 8.19. The number of aryl methyl sites for hydroxylation is 1. The molecule has 32 heavy (non-hydrogen) atoms. The molecule has 8 heteroatoms. The van der Waals surface area contributed by atoms with E-state index in [0.29, 0.717) is 35.6 Å². The smallest absolute Gasteiger partial charge is 0.337 e. The van der Waals surface area contributed by atoms with Crippen molar-refractivity contribution < 1.29 is 15.0 Å². The molecule has 0 saturated carbocycles. The fraction of sp³-hybridized carbons (Fsp3) is 0.333. The maximum atomic E-state index is 11.6. The molecule has 0 spiro atoms. The highest BCUT2D eigenvalue weighted by Crippen LogP contribution is 2.31. The first-order valence-corrected chi connectivity index (χ1v) is 10.6. The van der Waals surface area contributed by atoms with Crippen LogP contribution in [0.15, 0.2) is 36.4 Å². The third-order valence-electron chi connectivity index (χ3n) is 5.72. The van der Waals surface area contributed by atoms with Crippen LogP contribution in [0, 0.1) is 18.3 Å². The van der Waals surface area contributed by atoms with Gasteiger partial charge in [0.2, 0.25) is 0 Å². The van der Waals surface area contributed by atoms with Gasteiger partial charge in [0.1, 0.15) is 6.07 Å². The van der Waals surface area contributed by atoms with E-state index < -0.39 is 12.1 Å². The van der Waals surface area contributed by atoms with Crippen LogP contribution in [0.25, 0.3) is 11.0 Å². The van der Waals surface area contributed by atoms with Crippen LogP contribution < -0.4 is 10.2 Å². The lowest BCUT2D eigenvalue weighted by atomic mass is 10.0. The maximum Gasteiger partial charge on any atom is 0.337 e. The van der Waals surface area contributed by atoms with Crippen molar-refractivity contribution in [2.24, 2.45) is 0 Å². The predicted octanol–water partition coefficient (Wildman–Crippen LogP) is 3.64. The van der Waals surface area contributed by atoms with Gasteiger partial charge in [-0.3, -0.25) is 0 Å².